The number of para-hydroxylation sites is 2. The number of sulfonamides is 1. The van der Waals surface area contributed by atoms with E-state index < -0.39 is 10.0 Å². The van der Waals surface area contributed by atoms with Gasteiger partial charge in [0.2, 0.25) is 5.09 Å². The van der Waals surface area contributed by atoms with E-state index in [-0.39, 0.29) is 11.1 Å². The lowest BCUT2D eigenvalue weighted by Gasteiger charge is -2.16. The second kappa shape index (κ2) is 7.86. The fraction of sp³-hybridized carbons (Fsp3) is 0.318. The molecular formula is C22H23N3O4S. The van der Waals surface area contributed by atoms with Crippen LogP contribution in [0.4, 0.5) is 0 Å². The van der Waals surface area contributed by atoms with Gasteiger partial charge in [-0.3, -0.25) is 0 Å². The molecule has 1 fully saturated rings. The van der Waals surface area contributed by atoms with E-state index in [9.17, 15) is 8.42 Å². The van der Waals surface area contributed by atoms with Crippen molar-refractivity contribution in [2.75, 3.05) is 19.6 Å². The molecule has 4 aromatic rings. The Balaban J connectivity index is 1.16. The number of aryl methyl sites for hydroxylation is 1. The summed E-state index contributed by atoms with van der Waals surface area (Å²) >= 11 is 0. The minimum absolute atomic E-state index is 0.0277. The van der Waals surface area contributed by atoms with Crippen molar-refractivity contribution in [1.29, 1.82) is 0 Å². The van der Waals surface area contributed by atoms with Crippen molar-refractivity contribution >= 4 is 32.0 Å². The average molecular weight is 426 g/mol. The van der Waals surface area contributed by atoms with Crippen molar-refractivity contribution in [3.8, 4) is 0 Å². The van der Waals surface area contributed by atoms with Crippen LogP contribution in [0.3, 0.4) is 0 Å². The first-order chi connectivity index (χ1) is 14.6. The van der Waals surface area contributed by atoms with Crippen molar-refractivity contribution in [1.82, 2.24) is 14.8 Å². The third kappa shape index (κ3) is 3.86. The smallest absolute Gasteiger partial charge is 0.274 e. The van der Waals surface area contributed by atoms with Gasteiger partial charge in [-0.1, -0.05) is 35.5 Å². The number of aromatic nitrogens is 1. The van der Waals surface area contributed by atoms with Crippen molar-refractivity contribution in [3.63, 3.8) is 0 Å². The van der Waals surface area contributed by atoms with Gasteiger partial charge in [-0.15, -0.1) is 0 Å². The number of hydrogen-bond donors (Lipinski definition) is 1. The minimum Gasteiger partial charge on any atom is -0.443 e. The van der Waals surface area contributed by atoms with Crippen LogP contribution in [-0.4, -0.2) is 44.2 Å². The van der Waals surface area contributed by atoms with Crippen LogP contribution in [0.5, 0.6) is 0 Å². The molecule has 5 rings (SSSR count). The highest BCUT2D eigenvalue weighted by Crippen LogP contribution is 2.24. The van der Waals surface area contributed by atoms with Crippen LogP contribution in [0.2, 0.25) is 0 Å². The fourth-order valence-electron chi connectivity index (χ4n) is 4.09. The molecule has 1 aliphatic rings. The average Bonchev–Trinajstić information content (AvgIpc) is 3.46. The van der Waals surface area contributed by atoms with E-state index in [2.05, 4.69) is 14.8 Å². The Hall–Kier alpha value is -2.68. The maximum absolute atomic E-state index is 12.7. The number of rotatable bonds is 7. The summed E-state index contributed by atoms with van der Waals surface area (Å²) in [5.74, 6) is 0. The molecule has 8 heteroatoms. The van der Waals surface area contributed by atoms with Gasteiger partial charge in [0.25, 0.3) is 10.0 Å². The summed E-state index contributed by atoms with van der Waals surface area (Å²) in [7, 11) is -3.67. The lowest BCUT2D eigenvalue weighted by molar-refractivity contribution is 0.325. The second-order valence-corrected chi connectivity index (χ2v) is 9.38. The van der Waals surface area contributed by atoms with Crippen LogP contribution in [-0.2, 0) is 16.4 Å². The van der Waals surface area contributed by atoms with Crippen LogP contribution in [0, 0.1) is 0 Å². The maximum atomic E-state index is 12.7. The van der Waals surface area contributed by atoms with Crippen molar-refractivity contribution in [2.24, 2.45) is 0 Å². The van der Waals surface area contributed by atoms with E-state index in [0.29, 0.717) is 12.1 Å². The maximum Gasteiger partial charge on any atom is 0.274 e. The highest BCUT2D eigenvalue weighted by atomic mass is 32.2. The SMILES string of the molecule is O=S(=O)(N[C@@H]1CCN(CCCc2noc3ccccc23)C1)c1cc2ccccc2o1. The summed E-state index contributed by atoms with van der Waals surface area (Å²) in [6.45, 7) is 2.45. The molecular weight excluding hydrogens is 402 g/mol. The molecule has 0 spiro atoms. The van der Waals surface area contributed by atoms with Crippen molar-refractivity contribution < 1.29 is 17.4 Å². The first-order valence-corrected chi connectivity index (χ1v) is 11.6. The normalized spacial score (nSPS) is 17.9. The Kier molecular flexibility index (Phi) is 5.06. The van der Waals surface area contributed by atoms with Gasteiger partial charge in [-0.2, -0.15) is 0 Å². The Morgan fingerprint density at radius 3 is 2.77 bits per heavy atom. The van der Waals surface area contributed by atoms with Gasteiger partial charge in [-0.25, -0.2) is 13.1 Å². The van der Waals surface area contributed by atoms with Gasteiger partial charge in [0.15, 0.2) is 5.58 Å². The lowest BCUT2D eigenvalue weighted by Crippen LogP contribution is -2.37. The number of likely N-dealkylation sites (tertiary alicyclic amines) is 1. The Bertz CT molecular complexity index is 1240. The summed E-state index contributed by atoms with van der Waals surface area (Å²) in [4.78, 5) is 2.29. The Labute approximate surface area is 174 Å². The first-order valence-electron chi connectivity index (χ1n) is 10.1. The number of benzene rings is 2. The van der Waals surface area contributed by atoms with Gasteiger partial charge in [0, 0.05) is 29.4 Å². The number of furan rings is 1. The molecule has 2 aromatic carbocycles. The van der Waals surface area contributed by atoms with E-state index >= 15 is 0 Å². The lowest BCUT2D eigenvalue weighted by atomic mass is 10.1. The predicted octanol–water partition coefficient (Wildman–Crippen LogP) is 3.56. The molecule has 3 heterocycles. The van der Waals surface area contributed by atoms with Gasteiger partial charge < -0.3 is 13.8 Å². The van der Waals surface area contributed by atoms with Gasteiger partial charge in [-0.05, 0) is 50.6 Å². The van der Waals surface area contributed by atoms with E-state index in [0.717, 1.165) is 54.4 Å². The molecule has 0 amide bonds. The molecule has 0 saturated carbocycles. The zero-order valence-corrected chi connectivity index (χ0v) is 17.3. The highest BCUT2D eigenvalue weighted by Gasteiger charge is 2.29. The van der Waals surface area contributed by atoms with E-state index in [1.807, 2.05) is 42.5 Å². The van der Waals surface area contributed by atoms with Crippen LogP contribution in [0.1, 0.15) is 18.5 Å². The molecule has 156 valence electrons. The monoisotopic (exact) mass is 425 g/mol. The Morgan fingerprint density at radius 2 is 1.90 bits per heavy atom. The quantitative estimate of drug-likeness (QED) is 0.487. The third-order valence-corrected chi connectivity index (χ3v) is 6.98. The third-order valence-electron chi connectivity index (χ3n) is 5.60. The summed E-state index contributed by atoms with van der Waals surface area (Å²) < 4.78 is 39.1. The van der Waals surface area contributed by atoms with E-state index in [1.165, 1.54) is 0 Å². The highest BCUT2D eigenvalue weighted by molar-refractivity contribution is 7.89. The van der Waals surface area contributed by atoms with Gasteiger partial charge >= 0.3 is 0 Å². The van der Waals surface area contributed by atoms with Crippen molar-refractivity contribution in [2.45, 2.75) is 30.4 Å². The molecule has 1 saturated heterocycles. The summed E-state index contributed by atoms with van der Waals surface area (Å²) in [5.41, 5.74) is 2.37. The van der Waals surface area contributed by atoms with E-state index in [1.54, 1.807) is 12.1 Å². The van der Waals surface area contributed by atoms with Gasteiger partial charge in [0.1, 0.15) is 5.58 Å². The van der Waals surface area contributed by atoms with Crippen molar-refractivity contribution in [3.05, 3.63) is 60.3 Å². The van der Waals surface area contributed by atoms with Crippen LogP contribution >= 0.6 is 0 Å². The zero-order valence-electron chi connectivity index (χ0n) is 16.5. The second-order valence-electron chi connectivity index (χ2n) is 7.74. The molecule has 2 aromatic heterocycles. The molecule has 30 heavy (non-hydrogen) atoms. The number of fused-ring (bicyclic) bond motifs is 2. The van der Waals surface area contributed by atoms with Gasteiger partial charge in [0.05, 0.1) is 5.69 Å². The van der Waals surface area contributed by atoms with Crippen LogP contribution < -0.4 is 4.72 Å². The minimum atomic E-state index is -3.67. The molecule has 7 nitrogen and oxygen atoms in total. The molecule has 0 unspecified atom stereocenters. The molecule has 1 atom stereocenters. The molecule has 0 aliphatic carbocycles. The number of nitrogens with zero attached hydrogens (tertiary/aromatic N) is 2. The van der Waals surface area contributed by atoms with E-state index in [4.69, 9.17) is 8.94 Å². The Morgan fingerprint density at radius 1 is 1.10 bits per heavy atom. The predicted molar refractivity (Wildman–Crippen MR) is 114 cm³/mol. The summed E-state index contributed by atoms with van der Waals surface area (Å²) in [5, 5.41) is 6.00. The van der Waals surface area contributed by atoms with Crippen LogP contribution in [0.25, 0.3) is 21.9 Å². The first kappa shape index (κ1) is 19.3. The number of nitrogens with one attached hydrogen (secondary N) is 1. The molecule has 1 N–H and O–H groups in total. The zero-order chi connectivity index (χ0) is 20.6. The largest absolute Gasteiger partial charge is 0.443 e. The summed E-state index contributed by atoms with van der Waals surface area (Å²) in [6.07, 6.45) is 2.56. The molecule has 0 bridgehead atoms. The topological polar surface area (TPSA) is 88.6 Å². The molecule has 1 aliphatic heterocycles. The summed E-state index contributed by atoms with van der Waals surface area (Å²) in [6, 6.07) is 16.6. The standard InChI is InChI=1S/C22H23N3O4S/c26-30(27,22-14-16-6-1-3-9-20(16)28-22)24-17-11-13-25(15-17)12-5-8-19-18-7-2-4-10-21(18)29-23-19/h1-4,6-7,9-10,14,17,24H,5,8,11-13,15H2/t17-/m1/s1. The number of hydrogen-bond acceptors (Lipinski definition) is 6. The molecule has 0 radical (unpaired) electrons. The van der Waals surface area contributed by atoms with Crippen LogP contribution in [0.15, 0.2) is 68.6 Å². The fourth-order valence-corrected chi connectivity index (χ4v) is 5.32.